The fraction of sp³-hybridized carbons (Fsp3) is 0.929. The molecule has 0 saturated carbocycles. The number of carbonyl (C=O) groups is 1. The van der Waals surface area contributed by atoms with Gasteiger partial charge in [-0.2, -0.15) is 0 Å². The Hall–Kier alpha value is -0.530. The van der Waals surface area contributed by atoms with Gasteiger partial charge in [0.15, 0.2) is 0 Å². The minimum Gasteiger partial charge on any atom is -0.355 e. The van der Waals surface area contributed by atoms with E-state index in [-0.39, 0.29) is 16.7 Å². The first-order valence-corrected chi connectivity index (χ1v) is 6.33. The van der Waals surface area contributed by atoms with Gasteiger partial charge in [0.05, 0.1) is 0 Å². The summed E-state index contributed by atoms with van der Waals surface area (Å²) in [5.41, 5.74) is -0.0250. The largest absolute Gasteiger partial charge is 0.355 e. The summed E-state index contributed by atoms with van der Waals surface area (Å²) in [6.45, 7) is 19.3. The second-order valence-corrected chi connectivity index (χ2v) is 6.23. The number of carbonyl (C=O) groups excluding carboxylic acids is 1. The Kier molecular flexibility index (Phi) is 7.73. The summed E-state index contributed by atoms with van der Waals surface area (Å²) in [6, 6.07) is 0. The van der Waals surface area contributed by atoms with Gasteiger partial charge in [0.2, 0.25) is 5.91 Å². The average Bonchev–Trinajstić information content (AvgIpc) is 2.13. The van der Waals surface area contributed by atoms with E-state index in [9.17, 15) is 4.79 Å². The fourth-order valence-corrected chi connectivity index (χ4v) is 0.817. The molecule has 0 saturated heterocycles. The zero-order chi connectivity index (χ0) is 13.6. The first-order valence-electron chi connectivity index (χ1n) is 6.33. The zero-order valence-corrected chi connectivity index (χ0v) is 12.7. The van der Waals surface area contributed by atoms with Gasteiger partial charge < -0.3 is 5.32 Å². The molecule has 0 aliphatic carbocycles. The van der Waals surface area contributed by atoms with Gasteiger partial charge in [-0.1, -0.05) is 62.3 Å². The van der Waals surface area contributed by atoms with Crippen LogP contribution in [0.3, 0.4) is 0 Å². The zero-order valence-electron chi connectivity index (χ0n) is 12.7. The normalized spacial score (nSPS) is 13.6. The Morgan fingerprint density at radius 1 is 1.06 bits per heavy atom. The molecule has 0 aliphatic heterocycles. The van der Waals surface area contributed by atoms with E-state index in [1.165, 1.54) is 0 Å². The minimum atomic E-state index is -0.280. The summed E-state index contributed by atoms with van der Waals surface area (Å²) in [6.07, 6.45) is 0. The molecule has 1 atom stereocenters. The van der Waals surface area contributed by atoms with Gasteiger partial charge in [-0.15, -0.1) is 0 Å². The lowest BCUT2D eigenvalue weighted by molar-refractivity contribution is -0.128. The molecule has 0 aromatic heterocycles. The van der Waals surface area contributed by atoms with Crippen LogP contribution in [0.1, 0.15) is 62.3 Å². The van der Waals surface area contributed by atoms with Gasteiger partial charge in [0.1, 0.15) is 0 Å². The third kappa shape index (κ3) is 7.72. The first-order chi connectivity index (χ1) is 7.05. The van der Waals surface area contributed by atoms with Crippen LogP contribution in [0.5, 0.6) is 0 Å². The van der Waals surface area contributed by atoms with Crippen molar-refractivity contribution in [3.8, 4) is 0 Å². The molecule has 16 heavy (non-hydrogen) atoms. The molecule has 0 aliphatic rings. The fourth-order valence-electron chi connectivity index (χ4n) is 0.817. The maximum atomic E-state index is 11.6. The summed E-state index contributed by atoms with van der Waals surface area (Å²) in [5.74, 6) is 0.627. The lowest BCUT2D eigenvalue weighted by atomic mass is 9.82. The van der Waals surface area contributed by atoms with Gasteiger partial charge in [0.25, 0.3) is 0 Å². The number of hydrogen-bond acceptors (Lipinski definition) is 1. The van der Waals surface area contributed by atoms with E-state index < -0.39 is 0 Å². The van der Waals surface area contributed by atoms with E-state index in [1.54, 1.807) is 0 Å². The molecule has 0 spiro atoms. The first kappa shape index (κ1) is 17.9. The SMILES string of the molecule is CC.CC(CNC(=O)C(C)(C)C)C(C)(C)C. The average molecular weight is 229 g/mol. The van der Waals surface area contributed by atoms with E-state index in [1.807, 2.05) is 34.6 Å². The molecule has 2 heteroatoms. The monoisotopic (exact) mass is 229 g/mol. The molecule has 98 valence electrons. The van der Waals surface area contributed by atoms with E-state index >= 15 is 0 Å². The van der Waals surface area contributed by atoms with Crippen molar-refractivity contribution in [3.05, 3.63) is 0 Å². The lowest BCUT2D eigenvalue weighted by Crippen LogP contribution is -2.39. The summed E-state index contributed by atoms with van der Waals surface area (Å²) >= 11 is 0. The molecule has 1 N–H and O–H groups in total. The van der Waals surface area contributed by atoms with Gasteiger partial charge in [-0.3, -0.25) is 4.79 Å². The summed E-state index contributed by atoms with van der Waals surface area (Å²) in [7, 11) is 0. The topological polar surface area (TPSA) is 29.1 Å². The minimum absolute atomic E-state index is 0.133. The predicted octanol–water partition coefficient (Wildman–Crippen LogP) is 3.86. The van der Waals surface area contributed by atoms with Gasteiger partial charge in [-0.05, 0) is 11.3 Å². The summed E-state index contributed by atoms with van der Waals surface area (Å²) in [4.78, 5) is 11.6. The molecule has 1 amide bonds. The van der Waals surface area contributed by atoms with E-state index in [2.05, 4.69) is 33.0 Å². The number of hydrogen-bond donors (Lipinski definition) is 1. The standard InChI is InChI=1S/C12H25NO.C2H6/c1-9(11(2,3)4)8-13-10(14)12(5,6)7;1-2/h9H,8H2,1-7H3,(H,13,14);1-2H3. The van der Waals surface area contributed by atoms with Crippen LogP contribution in [0, 0.1) is 16.7 Å². The second kappa shape index (κ2) is 6.93. The van der Waals surface area contributed by atoms with Gasteiger partial charge in [0, 0.05) is 12.0 Å². The van der Waals surface area contributed by atoms with Crippen molar-refractivity contribution in [2.75, 3.05) is 6.54 Å². The Labute approximate surface area is 102 Å². The second-order valence-electron chi connectivity index (χ2n) is 6.23. The number of rotatable bonds is 2. The van der Waals surface area contributed by atoms with Crippen LogP contribution in [0.4, 0.5) is 0 Å². The van der Waals surface area contributed by atoms with Crippen LogP contribution in [-0.2, 0) is 4.79 Å². The molecular formula is C14H31NO. The van der Waals surface area contributed by atoms with Gasteiger partial charge >= 0.3 is 0 Å². The Bertz CT molecular complexity index is 196. The van der Waals surface area contributed by atoms with Crippen LogP contribution in [-0.4, -0.2) is 12.5 Å². The van der Waals surface area contributed by atoms with Crippen LogP contribution in [0.2, 0.25) is 0 Å². The maximum absolute atomic E-state index is 11.6. The van der Waals surface area contributed by atoms with Crippen molar-refractivity contribution in [2.45, 2.75) is 62.3 Å². The highest BCUT2D eigenvalue weighted by atomic mass is 16.2. The van der Waals surface area contributed by atoms with Crippen molar-refractivity contribution in [1.82, 2.24) is 5.32 Å². The molecule has 1 unspecified atom stereocenters. The quantitative estimate of drug-likeness (QED) is 0.765. The molecule has 0 heterocycles. The highest BCUT2D eigenvalue weighted by molar-refractivity contribution is 5.81. The van der Waals surface area contributed by atoms with Crippen molar-refractivity contribution >= 4 is 5.91 Å². The predicted molar refractivity (Wildman–Crippen MR) is 72.4 cm³/mol. The summed E-state index contributed by atoms with van der Waals surface area (Å²) in [5, 5.41) is 2.99. The van der Waals surface area contributed by atoms with Crippen molar-refractivity contribution in [3.63, 3.8) is 0 Å². The Morgan fingerprint density at radius 3 is 1.69 bits per heavy atom. The van der Waals surface area contributed by atoms with Crippen molar-refractivity contribution in [2.24, 2.45) is 16.7 Å². The van der Waals surface area contributed by atoms with E-state index in [0.717, 1.165) is 6.54 Å². The highest BCUT2D eigenvalue weighted by Gasteiger charge is 2.24. The van der Waals surface area contributed by atoms with E-state index in [4.69, 9.17) is 0 Å². The van der Waals surface area contributed by atoms with Crippen molar-refractivity contribution < 1.29 is 4.79 Å². The van der Waals surface area contributed by atoms with E-state index in [0.29, 0.717) is 5.92 Å². The molecule has 0 radical (unpaired) electrons. The molecule has 0 fully saturated rings. The smallest absolute Gasteiger partial charge is 0.225 e. The lowest BCUT2D eigenvalue weighted by Gasteiger charge is -2.28. The third-order valence-corrected chi connectivity index (χ3v) is 2.73. The number of amides is 1. The molecule has 2 nitrogen and oxygen atoms in total. The molecule has 0 rings (SSSR count). The summed E-state index contributed by atoms with van der Waals surface area (Å²) < 4.78 is 0. The van der Waals surface area contributed by atoms with Gasteiger partial charge in [-0.25, -0.2) is 0 Å². The molecule has 0 bridgehead atoms. The maximum Gasteiger partial charge on any atom is 0.225 e. The number of nitrogens with one attached hydrogen (secondary N) is 1. The Morgan fingerprint density at radius 2 is 1.44 bits per heavy atom. The molecular weight excluding hydrogens is 198 g/mol. The molecule has 0 aromatic rings. The molecule has 0 aromatic carbocycles. The van der Waals surface area contributed by atoms with Crippen LogP contribution < -0.4 is 5.32 Å². The van der Waals surface area contributed by atoms with Crippen LogP contribution >= 0.6 is 0 Å². The van der Waals surface area contributed by atoms with Crippen LogP contribution in [0.25, 0.3) is 0 Å². The van der Waals surface area contributed by atoms with Crippen molar-refractivity contribution in [1.29, 1.82) is 0 Å². The highest BCUT2D eigenvalue weighted by Crippen LogP contribution is 2.24. The third-order valence-electron chi connectivity index (χ3n) is 2.73. The van der Waals surface area contributed by atoms with Crippen LogP contribution in [0.15, 0.2) is 0 Å². The Balaban J connectivity index is 0.